The summed E-state index contributed by atoms with van der Waals surface area (Å²) in [7, 11) is 0. The Morgan fingerprint density at radius 3 is 2.68 bits per heavy atom. The zero-order chi connectivity index (χ0) is 20.3. The Morgan fingerprint density at radius 1 is 1.21 bits per heavy atom. The summed E-state index contributed by atoms with van der Waals surface area (Å²) in [4.78, 5) is 26.2. The largest absolute Gasteiger partial charge is 0.441 e. The summed E-state index contributed by atoms with van der Waals surface area (Å²) in [5, 5.41) is 3.43. The minimum absolute atomic E-state index is 0.0790. The van der Waals surface area contributed by atoms with Crippen molar-refractivity contribution in [2.75, 3.05) is 5.32 Å². The van der Waals surface area contributed by atoms with Crippen molar-refractivity contribution < 1.29 is 9.21 Å². The van der Waals surface area contributed by atoms with Crippen molar-refractivity contribution in [3.63, 3.8) is 0 Å². The van der Waals surface area contributed by atoms with Gasteiger partial charge in [-0.1, -0.05) is 38.2 Å². The lowest BCUT2D eigenvalue weighted by atomic mass is 9.94. The zero-order valence-electron chi connectivity index (χ0n) is 16.7. The molecule has 0 aliphatic heterocycles. The van der Waals surface area contributed by atoms with Crippen molar-refractivity contribution in [2.45, 2.75) is 46.0 Å². The Morgan fingerprint density at radius 2 is 2.00 bits per heavy atom. The van der Waals surface area contributed by atoms with Crippen LogP contribution in [0.1, 0.15) is 61.4 Å². The van der Waals surface area contributed by atoms with Crippen LogP contribution in [0, 0.1) is 6.92 Å². The molecule has 3 aromatic rings. The van der Waals surface area contributed by atoms with Gasteiger partial charge in [0.2, 0.25) is 11.8 Å². The van der Waals surface area contributed by atoms with Gasteiger partial charge < -0.3 is 9.73 Å². The molecule has 0 bridgehead atoms. The van der Waals surface area contributed by atoms with Gasteiger partial charge in [-0.15, -0.1) is 0 Å². The SMILES string of the molecule is Cc1ncccc1C(C)C(=O)Nc1ncc(C=Cc2ncc(C(C)(C)C)o2)s1. The highest BCUT2D eigenvalue weighted by Gasteiger charge is 2.19. The van der Waals surface area contributed by atoms with Gasteiger partial charge in [-0.3, -0.25) is 9.78 Å². The van der Waals surface area contributed by atoms with Gasteiger partial charge in [0.25, 0.3) is 0 Å². The molecule has 0 saturated heterocycles. The molecule has 1 amide bonds. The summed E-state index contributed by atoms with van der Waals surface area (Å²) < 4.78 is 5.74. The molecule has 3 aromatic heterocycles. The summed E-state index contributed by atoms with van der Waals surface area (Å²) in [6, 6.07) is 3.76. The van der Waals surface area contributed by atoms with Crippen LogP contribution in [0.2, 0.25) is 0 Å². The number of carbonyl (C=O) groups excluding carboxylic acids is 1. The Kier molecular flexibility index (Phi) is 5.74. The number of oxazole rings is 1. The van der Waals surface area contributed by atoms with Crippen molar-refractivity contribution in [3.8, 4) is 0 Å². The fourth-order valence-electron chi connectivity index (χ4n) is 2.60. The molecule has 0 aliphatic rings. The molecule has 0 aromatic carbocycles. The number of rotatable bonds is 5. The fourth-order valence-corrected chi connectivity index (χ4v) is 3.32. The minimum atomic E-state index is -0.306. The first-order valence-corrected chi connectivity index (χ1v) is 9.88. The van der Waals surface area contributed by atoms with Crippen LogP contribution in [0.5, 0.6) is 0 Å². The lowest BCUT2D eigenvalue weighted by Gasteiger charge is -2.12. The molecular formula is C21H24N4O2S. The van der Waals surface area contributed by atoms with Crippen LogP contribution in [0.3, 0.4) is 0 Å². The van der Waals surface area contributed by atoms with Crippen LogP contribution in [-0.2, 0) is 10.2 Å². The molecule has 7 heteroatoms. The maximum atomic E-state index is 12.5. The van der Waals surface area contributed by atoms with Crippen LogP contribution in [0.15, 0.2) is 35.1 Å². The van der Waals surface area contributed by atoms with E-state index in [1.807, 2.05) is 32.1 Å². The number of hydrogen-bond donors (Lipinski definition) is 1. The van der Waals surface area contributed by atoms with Crippen LogP contribution in [0.4, 0.5) is 5.13 Å². The Hall–Kier alpha value is -2.80. The molecule has 6 nitrogen and oxygen atoms in total. The van der Waals surface area contributed by atoms with E-state index in [0.717, 1.165) is 21.9 Å². The number of hydrogen-bond acceptors (Lipinski definition) is 6. The maximum absolute atomic E-state index is 12.5. The Labute approximate surface area is 168 Å². The van der Waals surface area contributed by atoms with Gasteiger partial charge in [0.15, 0.2) is 5.13 Å². The average Bonchev–Trinajstić information content (AvgIpc) is 3.29. The first-order valence-electron chi connectivity index (χ1n) is 9.06. The van der Waals surface area contributed by atoms with Gasteiger partial charge in [0, 0.05) is 34.5 Å². The van der Waals surface area contributed by atoms with Gasteiger partial charge in [-0.2, -0.15) is 0 Å². The van der Waals surface area contributed by atoms with Crippen LogP contribution >= 0.6 is 11.3 Å². The average molecular weight is 397 g/mol. The van der Waals surface area contributed by atoms with E-state index in [0.29, 0.717) is 11.0 Å². The maximum Gasteiger partial charge on any atom is 0.233 e. The highest BCUT2D eigenvalue weighted by atomic mass is 32.1. The second-order valence-electron chi connectivity index (χ2n) is 7.60. The monoisotopic (exact) mass is 396 g/mol. The van der Waals surface area contributed by atoms with Crippen LogP contribution in [0.25, 0.3) is 12.2 Å². The molecule has 0 fully saturated rings. The van der Waals surface area contributed by atoms with Gasteiger partial charge in [-0.05, 0) is 31.6 Å². The summed E-state index contributed by atoms with van der Waals surface area (Å²) in [6.45, 7) is 10.00. The smallest absolute Gasteiger partial charge is 0.233 e. The van der Waals surface area contributed by atoms with E-state index in [9.17, 15) is 4.79 Å². The van der Waals surface area contributed by atoms with Crippen molar-refractivity contribution >= 4 is 34.5 Å². The molecule has 0 saturated carbocycles. The van der Waals surface area contributed by atoms with Gasteiger partial charge >= 0.3 is 0 Å². The molecule has 0 radical (unpaired) electrons. The summed E-state index contributed by atoms with van der Waals surface area (Å²) in [5.41, 5.74) is 1.69. The number of aryl methyl sites for hydroxylation is 1. The predicted octanol–water partition coefficient (Wildman–Crippen LogP) is 5.04. The minimum Gasteiger partial charge on any atom is -0.441 e. The number of amides is 1. The van der Waals surface area contributed by atoms with E-state index < -0.39 is 0 Å². The number of nitrogens with one attached hydrogen (secondary N) is 1. The van der Waals surface area contributed by atoms with Crippen molar-refractivity contribution in [3.05, 3.63) is 58.5 Å². The third-order valence-corrected chi connectivity index (χ3v) is 5.19. The van der Waals surface area contributed by atoms with Crippen molar-refractivity contribution in [1.29, 1.82) is 0 Å². The molecule has 146 valence electrons. The van der Waals surface area contributed by atoms with E-state index in [-0.39, 0.29) is 17.2 Å². The molecule has 1 unspecified atom stereocenters. The first kappa shape index (κ1) is 19.9. The normalized spacial score (nSPS) is 13.0. The fraction of sp³-hybridized carbons (Fsp3) is 0.333. The van der Waals surface area contributed by atoms with E-state index in [1.165, 1.54) is 11.3 Å². The highest BCUT2D eigenvalue weighted by Crippen LogP contribution is 2.25. The molecule has 1 N–H and O–H groups in total. The van der Waals surface area contributed by atoms with Crippen LogP contribution in [-0.4, -0.2) is 20.9 Å². The topological polar surface area (TPSA) is 80.9 Å². The van der Waals surface area contributed by atoms with E-state index in [2.05, 4.69) is 41.0 Å². The molecular weight excluding hydrogens is 372 g/mol. The first-order chi connectivity index (χ1) is 13.2. The van der Waals surface area contributed by atoms with Gasteiger partial charge in [0.1, 0.15) is 5.76 Å². The third kappa shape index (κ3) is 4.72. The summed E-state index contributed by atoms with van der Waals surface area (Å²) >= 11 is 1.39. The molecule has 1 atom stereocenters. The standard InChI is InChI=1S/C21H24N4O2S/c1-13(16-7-6-10-22-14(16)2)19(26)25-20-24-11-15(28-20)8-9-18-23-12-17(27-18)21(3,4)5/h6-13H,1-5H3,(H,24,25,26). The zero-order valence-corrected chi connectivity index (χ0v) is 17.5. The number of nitrogens with zero attached hydrogens (tertiary/aromatic N) is 3. The predicted molar refractivity (Wildman–Crippen MR) is 112 cm³/mol. The van der Waals surface area contributed by atoms with Crippen molar-refractivity contribution in [2.24, 2.45) is 0 Å². The summed E-state index contributed by atoms with van der Waals surface area (Å²) in [6.07, 6.45) is 8.86. The molecule has 28 heavy (non-hydrogen) atoms. The molecule has 3 rings (SSSR count). The van der Waals surface area contributed by atoms with Gasteiger partial charge in [-0.25, -0.2) is 9.97 Å². The molecule has 0 aliphatic carbocycles. The Bertz CT molecular complexity index is 998. The molecule has 3 heterocycles. The van der Waals surface area contributed by atoms with E-state index in [1.54, 1.807) is 24.7 Å². The Balaban J connectivity index is 1.65. The number of anilines is 1. The van der Waals surface area contributed by atoms with E-state index >= 15 is 0 Å². The van der Waals surface area contributed by atoms with E-state index in [4.69, 9.17) is 4.42 Å². The number of pyridine rings is 1. The number of thiazole rings is 1. The lowest BCUT2D eigenvalue weighted by molar-refractivity contribution is -0.117. The van der Waals surface area contributed by atoms with Gasteiger partial charge in [0.05, 0.1) is 12.1 Å². The summed E-state index contributed by atoms with van der Waals surface area (Å²) in [5.74, 6) is 0.969. The quantitative estimate of drug-likeness (QED) is 0.653. The number of carbonyl (C=O) groups is 1. The number of aromatic nitrogens is 3. The van der Waals surface area contributed by atoms with Crippen molar-refractivity contribution in [1.82, 2.24) is 15.0 Å². The second kappa shape index (κ2) is 8.06. The highest BCUT2D eigenvalue weighted by molar-refractivity contribution is 7.16. The lowest BCUT2D eigenvalue weighted by Crippen LogP contribution is -2.19. The second-order valence-corrected chi connectivity index (χ2v) is 8.67. The molecule has 0 spiro atoms. The third-order valence-electron chi connectivity index (χ3n) is 4.31. The van der Waals surface area contributed by atoms with Crippen LogP contribution < -0.4 is 5.32 Å².